The third-order valence-electron chi connectivity index (χ3n) is 3.39. The number of rotatable bonds is 9. The van der Waals surface area contributed by atoms with E-state index in [9.17, 15) is 9.59 Å². The van der Waals surface area contributed by atoms with Crippen LogP contribution in [0.1, 0.15) is 40.5 Å². The predicted octanol–water partition coefficient (Wildman–Crippen LogP) is 1.94. The van der Waals surface area contributed by atoms with Gasteiger partial charge in [0.25, 0.3) is 0 Å². The molecule has 2 amide bonds. The number of carboxylic acids is 1. The molecule has 0 spiro atoms. The molecule has 0 aromatic heterocycles. The van der Waals surface area contributed by atoms with Crippen LogP contribution in [0.2, 0.25) is 0 Å². The van der Waals surface area contributed by atoms with Crippen LogP contribution >= 0.6 is 0 Å². The first-order valence-electron chi connectivity index (χ1n) is 7.17. The Bertz CT molecular complexity index is 304. The molecule has 0 saturated heterocycles. The molecular formula is C14H28N2O4. The van der Waals surface area contributed by atoms with Crippen LogP contribution in [0.3, 0.4) is 0 Å². The minimum absolute atomic E-state index is 0.0896. The number of nitrogens with one attached hydrogen (secondary N) is 1. The number of urea groups is 1. The van der Waals surface area contributed by atoms with Crippen LogP contribution in [0, 0.1) is 5.92 Å². The van der Waals surface area contributed by atoms with E-state index in [0.717, 1.165) is 12.8 Å². The highest BCUT2D eigenvalue weighted by molar-refractivity contribution is 5.82. The molecule has 0 bridgehead atoms. The Morgan fingerprint density at radius 2 is 1.80 bits per heavy atom. The van der Waals surface area contributed by atoms with Crippen molar-refractivity contribution in [2.24, 2.45) is 5.92 Å². The first kappa shape index (κ1) is 18.7. The number of hydrogen-bond donors (Lipinski definition) is 2. The van der Waals surface area contributed by atoms with Gasteiger partial charge in [-0.3, -0.25) is 0 Å². The second-order valence-electron chi connectivity index (χ2n) is 5.17. The van der Waals surface area contributed by atoms with Gasteiger partial charge in [0.05, 0.1) is 6.61 Å². The van der Waals surface area contributed by atoms with Crippen molar-refractivity contribution in [3.8, 4) is 0 Å². The number of methoxy groups -OCH3 is 1. The molecule has 0 saturated carbocycles. The van der Waals surface area contributed by atoms with E-state index in [1.165, 1.54) is 0 Å². The summed E-state index contributed by atoms with van der Waals surface area (Å²) in [6, 6.07) is -1.12. The van der Waals surface area contributed by atoms with Gasteiger partial charge < -0.3 is 20.1 Å². The van der Waals surface area contributed by atoms with E-state index in [2.05, 4.69) is 5.32 Å². The van der Waals surface area contributed by atoms with Gasteiger partial charge in [0.15, 0.2) is 0 Å². The standard InChI is InChI=1S/C14H28N2O4/c1-6-11(7-2)16(8-9-20-5)14(19)15-12(10(3)4)13(17)18/h10-12H,6-9H2,1-5H3,(H,15,19)(H,17,18). The fourth-order valence-electron chi connectivity index (χ4n) is 2.10. The average Bonchev–Trinajstić information content (AvgIpc) is 2.39. The lowest BCUT2D eigenvalue weighted by Crippen LogP contribution is -2.53. The zero-order chi connectivity index (χ0) is 15.7. The van der Waals surface area contributed by atoms with Crippen molar-refractivity contribution in [3.05, 3.63) is 0 Å². The van der Waals surface area contributed by atoms with Crippen molar-refractivity contribution < 1.29 is 19.4 Å². The maximum atomic E-state index is 12.3. The quantitative estimate of drug-likeness (QED) is 0.679. The molecular weight excluding hydrogens is 260 g/mol. The smallest absolute Gasteiger partial charge is 0.326 e. The van der Waals surface area contributed by atoms with Gasteiger partial charge in [-0.05, 0) is 18.8 Å². The van der Waals surface area contributed by atoms with Crippen LogP contribution < -0.4 is 5.32 Å². The van der Waals surface area contributed by atoms with Crippen LogP contribution in [0.15, 0.2) is 0 Å². The summed E-state index contributed by atoms with van der Waals surface area (Å²) < 4.78 is 5.02. The lowest BCUT2D eigenvalue weighted by molar-refractivity contribution is -0.140. The van der Waals surface area contributed by atoms with Gasteiger partial charge in [-0.2, -0.15) is 0 Å². The molecule has 0 aliphatic heterocycles. The number of carboxylic acid groups (broad SMARTS) is 1. The molecule has 0 aliphatic rings. The van der Waals surface area contributed by atoms with Gasteiger partial charge in [0.1, 0.15) is 6.04 Å². The molecule has 6 nitrogen and oxygen atoms in total. The van der Waals surface area contributed by atoms with Crippen molar-refractivity contribution in [2.75, 3.05) is 20.3 Å². The molecule has 118 valence electrons. The highest BCUT2D eigenvalue weighted by atomic mass is 16.5. The Morgan fingerprint density at radius 3 is 2.15 bits per heavy atom. The Hall–Kier alpha value is -1.30. The fraction of sp³-hybridized carbons (Fsp3) is 0.857. The molecule has 0 radical (unpaired) electrons. The van der Waals surface area contributed by atoms with Gasteiger partial charge in [-0.15, -0.1) is 0 Å². The van der Waals surface area contributed by atoms with E-state index < -0.39 is 12.0 Å². The lowest BCUT2D eigenvalue weighted by Gasteiger charge is -2.32. The number of ether oxygens (including phenoxy) is 1. The monoisotopic (exact) mass is 288 g/mol. The van der Waals surface area contributed by atoms with E-state index in [1.54, 1.807) is 25.9 Å². The molecule has 6 heteroatoms. The van der Waals surface area contributed by atoms with Crippen molar-refractivity contribution in [1.82, 2.24) is 10.2 Å². The van der Waals surface area contributed by atoms with Crippen LogP contribution in [0.4, 0.5) is 4.79 Å². The second-order valence-corrected chi connectivity index (χ2v) is 5.17. The van der Waals surface area contributed by atoms with Crippen molar-refractivity contribution in [1.29, 1.82) is 0 Å². The number of carbonyl (C=O) groups is 2. The second kappa shape index (κ2) is 9.58. The summed E-state index contributed by atoms with van der Waals surface area (Å²) in [5, 5.41) is 11.8. The van der Waals surface area contributed by atoms with Crippen LogP contribution in [-0.4, -0.2) is 54.4 Å². The summed E-state index contributed by atoms with van der Waals surface area (Å²) in [6.45, 7) is 8.46. The summed E-state index contributed by atoms with van der Waals surface area (Å²) in [5.41, 5.74) is 0. The fourth-order valence-corrected chi connectivity index (χ4v) is 2.10. The Kier molecular flexibility index (Phi) is 8.96. The van der Waals surface area contributed by atoms with Gasteiger partial charge in [-0.1, -0.05) is 27.7 Å². The highest BCUT2D eigenvalue weighted by Gasteiger charge is 2.28. The summed E-state index contributed by atoms with van der Waals surface area (Å²) in [7, 11) is 1.58. The topological polar surface area (TPSA) is 78.9 Å². The minimum Gasteiger partial charge on any atom is -0.480 e. The number of aliphatic carboxylic acids is 1. The summed E-state index contributed by atoms with van der Waals surface area (Å²) >= 11 is 0. The average molecular weight is 288 g/mol. The van der Waals surface area contributed by atoms with Crippen LogP contribution in [0.25, 0.3) is 0 Å². The van der Waals surface area contributed by atoms with Gasteiger partial charge in [0.2, 0.25) is 0 Å². The lowest BCUT2D eigenvalue weighted by atomic mass is 10.0. The van der Waals surface area contributed by atoms with E-state index in [-0.39, 0.29) is 18.0 Å². The number of hydrogen-bond acceptors (Lipinski definition) is 3. The minimum atomic E-state index is -1.01. The normalized spacial score (nSPS) is 12.6. The maximum Gasteiger partial charge on any atom is 0.326 e. The van der Waals surface area contributed by atoms with Crippen LogP contribution in [-0.2, 0) is 9.53 Å². The molecule has 0 fully saturated rings. The number of nitrogens with zero attached hydrogens (tertiary/aromatic N) is 1. The zero-order valence-corrected chi connectivity index (χ0v) is 13.2. The van der Waals surface area contributed by atoms with Crippen molar-refractivity contribution in [2.45, 2.75) is 52.6 Å². The Balaban J connectivity index is 4.88. The third-order valence-corrected chi connectivity index (χ3v) is 3.39. The number of amides is 2. The molecule has 0 rings (SSSR count). The largest absolute Gasteiger partial charge is 0.480 e. The first-order chi connectivity index (χ1) is 9.38. The maximum absolute atomic E-state index is 12.3. The number of carbonyl (C=O) groups excluding carboxylic acids is 1. The van der Waals surface area contributed by atoms with E-state index in [1.807, 2.05) is 13.8 Å². The highest BCUT2D eigenvalue weighted by Crippen LogP contribution is 2.10. The Morgan fingerprint density at radius 1 is 1.25 bits per heavy atom. The van der Waals surface area contributed by atoms with Gasteiger partial charge in [-0.25, -0.2) is 9.59 Å². The van der Waals surface area contributed by atoms with Gasteiger partial charge in [0, 0.05) is 19.7 Å². The molecule has 0 aliphatic carbocycles. The molecule has 0 heterocycles. The van der Waals surface area contributed by atoms with E-state index in [4.69, 9.17) is 9.84 Å². The molecule has 0 aromatic rings. The molecule has 1 unspecified atom stereocenters. The molecule has 1 atom stereocenters. The van der Waals surface area contributed by atoms with Crippen molar-refractivity contribution >= 4 is 12.0 Å². The summed E-state index contributed by atoms with van der Waals surface area (Å²) in [5.74, 6) is -1.17. The molecule has 0 aromatic carbocycles. The zero-order valence-electron chi connectivity index (χ0n) is 13.2. The first-order valence-corrected chi connectivity index (χ1v) is 7.17. The van der Waals surface area contributed by atoms with Crippen LogP contribution in [0.5, 0.6) is 0 Å². The molecule has 2 N–H and O–H groups in total. The SMILES string of the molecule is CCC(CC)N(CCOC)C(=O)NC(C(=O)O)C(C)C. The Labute approximate surface area is 121 Å². The molecule has 20 heavy (non-hydrogen) atoms. The van der Waals surface area contributed by atoms with E-state index in [0.29, 0.717) is 13.2 Å². The summed E-state index contributed by atoms with van der Waals surface area (Å²) in [6.07, 6.45) is 1.65. The van der Waals surface area contributed by atoms with Crippen molar-refractivity contribution in [3.63, 3.8) is 0 Å². The van der Waals surface area contributed by atoms with Gasteiger partial charge >= 0.3 is 12.0 Å². The summed E-state index contributed by atoms with van der Waals surface area (Å²) in [4.78, 5) is 25.2. The predicted molar refractivity (Wildman–Crippen MR) is 77.7 cm³/mol. The third kappa shape index (κ3) is 5.77. The van der Waals surface area contributed by atoms with E-state index >= 15 is 0 Å².